The minimum atomic E-state index is 0.0969. The smallest absolute Gasteiger partial charge is 0.219 e. The molecular formula is C17H27N3O. The molecule has 1 aromatic rings. The van der Waals surface area contributed by atoms with Crippen molar-refractivity contribution >= 4 is 11.6 Å². The molecule has 0 radical (unpaired) electrons. The molecule has 0 spiro atoms. The number of anilines is 1. The van der Waals surface area contributed by atoms with Crippen LogP contribution in [0.15, 0.2) is 24.3 Å². The molecular weight excluding hydrogens is 262 g/mol. The minimum absolute atomic E-state index is 0.0969. The van der Waals surface area contributed by atoms with Crippen molar-refractivity contribution in [1.82, 2.24) is 9.80 Å². The molecule has 1 fully saturated rings. The maximum Gasteiger partial charge on any atom is 0.219 e. The minimum Gasteiger partial charge on any atom is -0.385 e. The van der Waals surface area contributed by atoms with Crippen LogP contribution in [0, 0.1) is 5.92 Å². The second-order valence-corrected chi connectivity index (χ2v) is 6.20. The van der Waals surface area contributed by atoms with Crippen molar-refractivity contribution in [3.8, 4) is 0 Å². The van der Waals surface area contributed by atoms with Gasteiger partial charge in [0.1, 0.15) is 0 Å². The van der Waals surface area contributed by atoms with Gasteiger partial charge in [-0.2, -0.15) is 0 Å². The number of likely N-dealkylation sites (tertiary alicyclic amines) is 1. The zero-order chi connectivity index (χ0) is 15.2. The number of rotatable bonds is 5. The van der Waals surface area contributed by atoms with Crippen molar-refractivity contribution in [3.05, 3.63) is 29.8 Å². The van der Waals surface area contributed by atoms with Crippen molar-refractivity contribution < 1.29 is 4.79 Å². The van der Waals surface area contributed by atoms with Crippen molar-refractivity contribution in [1.29, 1.82) is 0 Å². The summed E-state index contributed by atoms with van der Waals surface area (Å²) in [7, 11) is 4.03. The van der Waals surface area contributed by atoms with E-state index in [0.717, 1.165) is 18.2 Å². The molecule has 1 aliphatic heterocycles. The maximum atomic E-state index is 11.3. The summed E-state index contributed by atoms with van der Waals surface area (Å²) in [6, 6.07) is 8.38. The summed E-state index contributed by atoms with van der Waals surface area (Å²) in [5, 5.41) is 3.55. The van der Waals surface area contributed by atoms with Gasteiger partial charge in [-0.25, -0.2) is 0 Å². The Morgan fingerprint density at radius 3 is 2.76 bits per heavy atom. The molecule has 0 aromatic heterocycles. The van der Waals surface area contributed by atoms with E-state index in [0.29, 0.717) is 6.54 Å². The molecule has 1 heterocycles. The van der Waals surface area contributed by atoms with Crippen molar-refractivity contribution in [2.24, 2.45) is 5.92 Å². The number of piperidine rings is 1. The lowest BCUT2D eigenvalue weighted by Gasteiger charge is -2.29. The normalized spacial score (nSPS) is 16.7. The van der Waals surface area contributed by atoms with Crippen LogP contribution < -0.4 is 5.32 Å². The standard InChI is InChI=1S/C17H27N3O/c1-14(21)20(3)13-16-5-4-6-17(11-16)18-12-15-7-9-19(2)10-8-15/h4-6,11,15,18H,7-10,12-13H2,1-3H3. The number of carbonyl (C=O) groups is 1. The van der Waals surface area contributed by atoms with E-state index < -0.39 is 0 Å². The predicted octanol–water partition coefficient (Wildman–Crippen LogP) is 2.42. The molecule has 1 aliphatic rings. The Bertz CT molecular complexity index is 467. The molecule has 1 N–H and O–H groups in total. The molecule has 116 valence electrons. The van der Waals surface area contributed by atoms with E-state index in [4.69, 9.17) is 0 Å². The largest absolute Gasteiger partial charge is 0.385 e. The summed E-state index contributed by atoms with van der Waals surface area (Å²) < 4.78 is 0. The molecule has 0 saturated carbocycles. The first kappa shape index (κ1) is 15.8. The van der Waals surface area contributed by atoms with Crippen molar-refractivity contribution in [2.75, 3.05) is 39.0 Å². The van der Waals surface area contributed by atoms with Crippen LogP contribution in [0.1, 0.15) is 25.3 Å². The third-order valence-corrected chi connectivity index (χ3v) is 4.32. The van der Waals surface area contributed by atoms with Gasteiger partial charge in [-0.1, -0.05) is 12.1 Å². The average molecular weight is 289 g/mol. The Morgan fingerprint density at radius 2 is 2.10 bits per heavy atom. The fraction of sp³-hybridized carbons (Fsp3) is 0.588. The lowest BCUT2D eigenvalue weighted by atomic mass is 9.97. The van der Waals surface area contributed by atoms with Crippen LogP contribution in [0.4, 0.5) is 5.69 Å². The molecule has 4 nitrogen and oxygen atoms in total. The van der Waals surface area contributed by atoms with Crippen LogP contribution in [0.5, 0.6) is 0 Å². The van der Waals surface area contributed by atoms with Gasteiger partial charge < -0.3 is 15.1 Å². The maximum absolute atomic E-state index is 11.3. The quantitative estimate of drug-likeness (QED) is 0.904. The third kappa shape index (κ3) is 5.05. The highest BCUT2D eigenvalue weighted by atomic mass is 16.2. The second-order valence-electron chi connectivity index (χ2n) is 6.20. The van der Waals surface area contributed by atoms with Crippen LogP contribution in [-0.2, 0) is 11.3 Å². The summed E-state index contributed by atoms with van der Waals surface area (Å²) in [5.74, 6) is 0.865. The highest BCUT2D eigenvalue weighted by Gasteiger charge is 2.16. The molecule has 0 unspecified atom stereocenters. The lowest BCUT2D eigenvalue weighted by Crippen LogP contribution is -2.32. The second kappa shape index (κ2) is 7.46. The Balaban J connectivity index is 1.84. The van der Waals surface area contributed by atoms with Gasteiger partial charge in [0.25, 0.3) is 0 Å². The molecule has 0 aliphatic carbocycles. The lowest BCUT2D eigenvalue weighted by molar-refractivity contribution is -0.128. The Hall–Kier alpha value is -1.55. The van der Waals surface area contributed by atoms with Gasteiger partial charge in [-0.15, -0.1) is 0 Å². The molecule has 1 amide bonds. The van der Waals surface area contributed by atoms with Crippen LogP contribution in [-0.4, -0.2) is 49.4 Å². The number of hydrogen-bond acceptors (Lipinski definition) is 3. The first-order valence-electron chi connectivity index (χ1n) is 7.77. The van der Waals surface area contributed by atoms with E-state index in [-0.39, 0.29) is 5.91 Å². The Morgan fingerprint density at radius 1 is 1.38 bits per heavy atom. The monoisotopic (exact) mass is 289 g/mol. The highest BCUT2D eigenvalue weighted by molar-refractivity contribution is 5.72. The summed E-state index contributed by atoms with van der Waals surface area (Å²) in [6.07, 6.45) is 2.55. The molecule has 0 atom stereocenters. The third-order valence-electron chi connectivity index (χ3n) is 4.32. The van der Waals surface area contributed by atoms with Gasteiger partial charge >= 0.3 is 0 Å². The topological polar surface area (TPSA) is 35.6 Å². The van der Waals surface area contributed by atoms with Crippen LogP contribution in [0.25, 0.3) is 0 Å². The first-order chi connectivity index (χ1) is 10.0. The van der Waals surface area contributed by atoms with E-state index in [1.54, 1.807) is 11.8 Å². The van der Waals surface area contributed by atoms with E-state index in [9.17, 15) is 4.79 Å². The van der Waals surface area contributed by atoms with E-state index in [1.165, 1.54) is 31.5 Å². The molecule has 1 saturated heterocycles. The summed E-state index contributed by atoms with van der Waals surface area (Å²) in [6.45, 7) is 5.71. The number of carbonyl (C=O) groups excluding carboxylic acids is 1. The van der Waals surface area contributed by atoms with Gasteiger partial charge in [0.05, 0.1) is 0 Å². The van der Waals surface area contributed by atoms with Gasteiger partial charge in [-0.3, -0.25) is 4.79 Å². The zero-order valence-corrected chi connectivity index (χ0v) is 13.4. The van der Waals surface area contributed by atoms with Crippen LogP contribution >= 0.6 is 0 Å². The summed E-state index contributed by atoms with van der Waals surface area (Å²) in [4.78, 5) is 15.4. The van der Waals surface area contributed by atoms with E-state index >= 15 is 0 Å². The molecule has 2 rings (SSSR count). The van der Waals surface area contributed by atoms with Gasteiger partial charge in [0.2, 0.25) is 5.91 Å². The highest BCUT2D eigenvalue weighted by Crippen LogP contribution is 2.18. The Labute approximate surface area is 128 Å². The number of nitrogens with zero attached hydrogens (tertiary/aromatic N) is 2. The van der Waals surface area contributed by atoms with Crippen molar-refractivity contribution in [3.63, 3.8) is 0 Å². The fourth-order valence-electron chi connectivity index (χ4n) is 2.69. The van der Waals surface area contributed by atoms with Gasteiger partial charge in [-0.05, 0) is 56.6 Å². The molecule has 0 bridgehead atoms. The number of benzene rings is 1. The SMILES string of the molecule is CC(=O)N(C)Cc1cccc(NCC2CCN(C)CC2)c1. The zero-order valence-electron chi connectivity index (χ0n) is 13.4. The number of nitrogens with one attached hydrogen (secondary N) is 1. The fourth-order valence-corrected chi connectivity index (χ4v) is 2.69. The van der Waals surface area contributed by atoms with Gasteiger partial charge in [0.15, 0.2) is 0 Å². The summed E-state index contributed by atoms with van der Waals surface area (Å²) in [5.41, 5.74) is 2.32. The van der Waals surface area contributed by atoms with E-state index in [1.807, 2.05) is 7.05 Å². The molecule has 4 heteroatoms. The predicted molar refractivity (Wildman–Crippen MR) is 87.3 cm³/mol. The number of hydrogen-bond donors (Lipinski definition) is 1. The average Bonchev–Trinajstić information content (AvgIpc) is 2.47. The van der Waals surface area contributed by atoms with E-state index in [2.05, 4.69) is 41.5 Å². The van der Waals surface area contributed by atoms with Crippen molar-refractivity contribution in [2.45, 2.75) is 26.3 Å². The van der Waals surface area contributed by atoms with Gasteiger partial charge in [0, 0.05) is 32.7 Å². The first-order valence-corrected chi connectivity index (χ1v) is 7.77. The number of amides is 1. The van der Waals surface area contributed by atoms with Crippen LogP contribution in [0.3, 0.4) is 0 Å². The summed E-state index contributed by atoms with van der Waals surface area (Å²) >= 11 is 0. The Kier molecular flexibility index (Phi) is 5.62. The molecule has 1 aromatic carbocycles. The molecule has 21 heavy (non-hydrogen) atoms. The van der Waals surface area contributed by atoms with Crippen LogP contribution in [0.2, 0.25) is 0 Å².